The zero-order chi connectivity index (χ0) is 24.2. The van der Waals surface area contributed by atoms with E-state index in [9.17, 15) is 4.79 Å². The van der Waals surface area contributed by atoms with Crippen molar-refractivity contribution < 1.29 is 14.3 Å². The third kappa shape index (κ3) is 5.03. The Hall–Kier alpha value is -4.53. The molecule has 1 aliphatic heterocycles. The highest BCUT2D eigenvalue weighted by molar-refractivity contribution is 5.88. The van der Waals surface area contributed by atoms with E-state index < -0.39 is 12.1 Å². The van der Waals surface area contributed by atoms with Crippen molar-refractivity contribution in [2.24, 2.45) is 0 Å². The normalized spacial score (nSPS) is 16.0. The van der Waals surface area contributed by atoms with E-state index in [1.165, 1.54) is 4.90 Å². The summed E-state index contributed by atoms with van der Waals surface area (Å²) in [6.45, 7) is 3.94. The van der Waals surface area contributed by atoms with Gasteiger partial charge in [0.15, 0.2) is 0 Å². The van der Waals surface area contributed by atoms with Crippen molar-refractivity contribution in [3.05, 3.63) is 96.1 Å². The maximum Gasteiger partial charge on any atom is 0.417 e. The maximum atomic E-state index is 12.5. The van der Waals surface area contributed by atoms with E-state index in [1.54, 1.807) is 13.1 Å². The number of carbonyl (C=O) groups is 1. The molecule has 0 aliphatic carbocycles. The molecule has 0 unspecified atom stereocenters. The van der Waals surface area contributed by atoms with E-state index in [-0.39, 0.29) is 18.6 Å². The van der Waals surface area contributed by atoms with Crippen molar-refractivity contribution in [3.63, 3.8) is 0 Å². The molecular weight excluding hydrogens is 444 g/mol. The lowest BCUT2D eigenvalue weighted by Crippen LogP contribution is -2.30. The molecule has 3 heterocycles. The second-order valence-corrected chi connectivity index (χ2v) is 8.07. The summed E-state index contributed by atoms with van der Waals surface area (Å²) in [4.78, 5) is 31.6. The Morgan fingerprint density at radius 3 is 2.46 bits per heavy atom. The monoisotopic (exact) mass is 468 g/mol. The van der Waals surface area contributed by atoms with Crippen LogP contribution in [0.5, 0.6) is 11.5 Å². The van der Waals surface area contributed by atoms with Gasteiger partial charge in [-0.3, -0.25) is 4.98 Å². The lowest BCUT2D eigenvalue weighted by molar-refractivity contribution is 0.178. The van der Waals surface area contributed by atoms with Gasteiger partial charge in [-0.1, -0.05) is 36.4 Å². The minimum absolute atomic E-state index is 0.104. The molecule has 9 heteroatoms. The number of para-hydroxylation sites is 1. The molecule has 9 nitrogen and oxygen atoms in total. The molecule has 0 saturated carbocycles. The molecule has 176 valence electrons. The molecule has 5 rings (SSSR count). The van der Waals surface area contributed by atoms with Gasteiger partial charge in [-0.05, 0) is 55.8 Å². The summed E-state index contributed by atoms with van der Waals surface area (Å²) in [5.74, 6) is 2.60. The van der Waals surface area contributed by atoms with Gasteiger partial charge in [0.1, 0.15) is 30.0 Å². The summed E-state index contributed by atoms with van der Waals surface area (Å²) in [5, 5.41) is 3.30. The van der Waals surface area contributed by atoms with E-state index in [0.717, 1.165) is 17.1 Å². The summed E-state index contributed by atoms with van der Waals surface area (Å²) in [5.41, 5.74) is 1.73. The zero-order valence-corrected chi connectivity index (χ0v) is 19.3. The van der Waals surface area contributed by atoms with Crippen LogP contribution >= 0.6 is 0 Å². The molecule has 1 N–H and O–H groups in total. The molecule has 2 aromatic carbocycles. The van der Waals surface area contributed by atoms with Gasteiger partial charge in [0.05, 0.1) is 11.7 Å². The molecule has 2 aromatic heterocycles. The van der Waals surface area contributed by atoms with Gasteiger partial charge >= 0.3 is 6.09 Å². The summed E-state index contributed by atoms with van der Waals surface area (Å²) in [6, 6.07) is 22.5. The first-order valence-corrected chi connectivity index (χ1v) is 11.3. The Morgan fingerprint density at radius 2 is 1.71 bits per heavy atom. The maximum absolute atomic E-state index is 12.5. The molecule has 0 bridgehead atoms. The van der Waals surface area contributed by atoms with Crippen molar-refractivity contribution in [2.75, 3.05) is 16.8 Å². The first-order valence-electron chi connectivity index (χ1n) is 11.3. The van der Waals surface area contributed by atoms with Crippen LogP contribution in [-0.2, 0) is 4.74 Å². The Morgan fingerprint density at radius 1 is 0.971 bits per heavy atom. The molecular formula is C26H24N6O3. The van der Waals surface area contributed by atoms with Crippen LogP contribution in [0.4, 0.5) is 16.7 Å². The molecule has 0 radical (unpaired) electrons. The Bertz CT molecular complexity index is 1300. The quantitative estimate of drug-likeness (QED) is 0.393. The largest absolute Gasteiger partial charge is 0.457 e. The number of rotatable bonds is 7. The van der Waals surface area contributed by atoms with E-state index in [0.29, 0.717) is 17.5 Å². The van der Waals surface area contributed by atoms with Gasteiger partial charge in [0, 0.05) is 6.20 Å². The standard InChI is InChI=1S/C26H24N6O3/c1-17(19-11-13-21(14-12-19)35-20-8-4-3-5-9-20)28-24-29-18(2)30-25(31-24)32-23(16-34-26(32)33)22-10-6-7-15-27-22/h3-15,17,23H,16H2,1-2H3,(H,28,29,30,31)/t17-,23+/m0/s1. The summed E-state index contributed by atoms with van der Waals surface area (Å²) >= 11 is 0. The summed E-state index contributed by atoms with van der Waals surface area (Å²) < 4.78 is 11.2. The number of aryl methyl sites for hydroxylation is 1. The van der Waals surface area contributed by atoms with Crippen molar-refractivity contribution in [1.29, 1.82) is 0 Å². The van der Waals surface area contributed by atoms with Crippen molar-refractivity contribution in [3.8, 4) is 11.5 Å². The number of carbonyl (C=O) groups excluding carboxylic acids is 1. The average Bonchev–Trinajstić information content (AvgIpc) is 3.26. The fourth-order valence-electron chi connectivity index (χ4n) is 3.80. The van der Waals surface area contributed by atoms with Gasteiger partial charge in [-0.2, -0.15) is 15.0 Å². The molecule has 2 atom stereocenters. The predicted molar refractivity (Wildman–Crippen MR) is 130 cm³/mol. The molecule has 1 saturated heterocycles. The van der Waals surface area contributed by atoms with Gasteiger partial charge in [0.2, 0.25) is 11.9 Å². The average molecular weight is 469 g/mol. The number of pyridine rings is 1. The fraction of sp³-hybridized carbons (Fsp3) is 0.192. The SMILES string of the molecule is Cc1nc(N[C@@H](C)c2ccc(Oc3ccccc3)cc2)nc(N2C(=O)OC[C@@H]2c2ccccn2)n1. The van der Waals surface area contributed by atoms with Gasteiger partial charge in [0.25, 0.3) is 0 Å². The van der Waals surface area contributed by atoms with Crippen LogP contribution in [0.1, 0.15) is 36.1 Å². The van der Waals surface area contributed by atoms with Crippen molar-refractivity contribution in [2.45, 2.75) is 25.9 Å². The number of hydrogen-bond acceptors (Lipinski definition) is 8. The minimum Gasteiger partial charge on any atom is -0.457 e. The number of benzene rings is 2. The molecule has 1 aliphatic rings. The van der Waals surface area contributed by atoms with Crippen LogP contribution in [0.15, 0.2) is 79.0 Å². The Labute approximate surface area is 202 Å². The zero-order valence-electron chi connectivity index (χ0n) is 19.3. The molecule has 1 amide bonds. The van der Waals surface area contributed by atoms with Crippen molar-refractivity contribution >= 4 is 18.0 Å². The van der Waals surface area contributed by atoms with Crippen LogP contribution in [0.25, 0.3) is 0 Å². The van der Waals surface area contributed by atoms with Crippen molar-refractivity contribution in [1.82, 2.24) is 19.9 Å². The number of nitrogens with zero attached hydrogens (tertiary/aromatic N) is 5. The lowest BCUT2D eigenvalue weighted by atomic mass is 10.1. The van der Waals surface area contributed by atoms with Gasteiger partial charge in [-0.25, -0.2) is 9.69 Å². The van der Waals surface area contributed by atoms with Gasteiger partial charge < -0.3 is 14.8 Å². The number of cyclic esters (lactones) is 1. The Kier molecular flexibility index (Phi) is 6.21. The summed E-state index contributed by atoms with van der Waals surface area (Å²) in [7, 11) is 0. The highest BCUT2D eigenvalue weighted by Crippen LogP contribution is 2.31. The minimum atomic E-state index is -0.515. The third-order valence-corrected chi connectivity index (χ3v) is 5.56. The number of hydrogen-bond donors (Lipinski definition) is 1. The highest BCUT2D eigenvalue weighted by atomic mass is 16.6. The Balaban J connectivity index is 1.33. The smallest absolute Gasteiger partial charge is 0.417 e. The topological polar surface area (TPSA) is 102 Å². The first-order chi connectivity index (χ1) is 17.1. The summed E-state index contributed by atoms with van der Waals surface area (Å²) in [6.07, 6.45) is 1.17. The van der Waals surface area contributed by atoms with Crippen LogP contribution < -0.4 is 15.0 Å². The number of aromatic nitrogens is 4. The lowest BCUT2D eigenvalue weighted by Gasteiger charge is -2.20. The predicted octanol–water partition coefficient (Wildman–Crippen LogP) is 5.24. The van der Waals surface area contributed by atoms with E-state index in [2.05, 4.69) is 25.3 Å². The number of nitrogens with one attached hydrogen (secondary N) is 1. The van der Waals surface area contributed by atoms with E-state index in [4.69, 9.17) is 9.47 Å². The number of ether oxygens (including phenoxy) is 2. The fourth-order valence-corrected chi connectivity index (χ4v) is 3.80. The molecule has 35 heavy (non-hydrogen) atoms. The van der Waals surface area contributed by atoms with E-state index in [1.807, 2.05) is 79.7 Å². The second-order valence-electron chi connectivity index (χ2n) is 8.07. The van der Waals surface area contributed by atoms with Crippen LogP contribution in [-0.4, -0.2) is 32.6 Å². The molecule has 4 aromatic rings. The van der Waals surface area contributed by atoms with Crippen LogP contribution in [0.2, 0.25) is 0 Å². The highest BCUT2D eigenvalue weighted by Gasteiger charge is 2.38. The van der Waals surface area contributed by atoms with E-state index >= 15 is 0 Å². The number of anilines is 2. The van der Waals surface area contributed by atoms with Crippen LogP contribution in [0.3, 0.4) is 0 Å². The number of amides is 1. The molecule has 1 fully saturated rings. The van der Waals surface area contributed by atoms with Gasteiger partial charge in [-0.15, -0.1) is 0 Å². The van der Waals surface area contributed by atoms with Crippen LogP contribution in [0, 0.1) is 6.92 Å². The molecule has 0 spiro atoms. The second kappa shape index (κ2) is 9.76. The first kappa shape index (κ1) is 22.3. The third-order valence-electron chi connectivity index (χ3n) is 5.56.